The monoisotopic (exact) mass is 275 g/mol. The average Bonchev–Trinajstić information content (AvgIpc) is 2.77. The first-order chi connectivity index (χ1) is 9.88. The molecule has 0 atom stereocenters. The Morgan fingerprint density at radius 2 is 2.00 bits per heavy atom. The van der Waals surface area contributed by atoms with Crippen LogP contribution in [0.4, 0.5) is 11.8 Å². The van der Waals surface area contributed by atoms with Gasteiger partial charge in [0.15, 0.2) is 11.5 Å². The highest BCUT2D eigenvalue weighted by Gasteiger charge is 2.17. The van der Waals surface area contributed by atoms with Crippen molar-refractivity contribution in [2.45, 2.75) is 25.7 Å². The average molecular weight is 275 g/mol. The number of hydrogen-bond acceptors (Lipinski definition) is 6. The Morgan fingerprint density at radius 3 is 2.75 bits per heavy atom. The predicted octanol–water partition coefficient (Wildman–Crippen LogP) is 1.10. The van der Waals surface area contributed by atoms with Crippen LogP contribution in [0, 0.1) is 0 Å². The number of hydrogen-bond donors (Lipinski definition) is 3. The molecule has 0 spiro atoms. The Labute approximate surface area is 118 Å². The lowest BCUT2D eigenvalue weighted by Crippen LogP contribution is -2.26. The third kappa shape index (κ3) is 2.67. The summed E-state index contributed by atoms with van der Waals surface area (Å²) in [5, 5.41) is 3.14. The minimum Gasteiger partial charge on any atom is -0.355 e. The van der Waals surface area contributed by atoms with E-state index in [1.165, 1.54) is 25.7 Å². The van der Waals surface area contributed by atoms with Gasteiger partial charge in [-0.2, -0.15) is 9.97 Å². The van der Waals surface area contributed by atoms with Crippen LogP contribution in [0.1, 0.15) is 25.7 Å². The lowest BCUT2D eigenvalue weighted by Gasteiger charge is -2.22. The first-order valence-corrected chi connectivity index (χ1v) is 7.28. The van der Waals surface area contributed by atoms with Crippen LogP contribution in [-0.2, 0) is 0 Å². The van der Waals surface area contributed by atoms with Gasteiger partial charge in [-0.25, -0.2) is 4.98 Å². The molecule has 0 aliphatic carbocycles. The van der Waals surface area contributed by atoms with Gasteiger partial charge in [-0.05, 0) is 12.8 Å². The molecule has 0 unspecified atom stereocenters. The summed E-state index contributed by atoms with van der Waals surface area (Å²) >= 11 is 0. The minimum absolute atomic E-state index is 0.557. The number of fused-ring (bicyclic) bond motifs is 1. The third-order valence-electron chi connectivity index (χ3n) is 3.60. The van der Waals surface area contributed by atoms with Crippen LogP contribution < -0.4 is 16.0 Å². The normalized spacial score (nSPS) is 16.4. The van der Waals surface area contributed by atoms with Crippen molar-refractivity contribution >= 4 is 22.9 Å². The smallest absolute Gasteiger partial charge is 0.226 e. The van der Waals surface area contributed by atoms with Crippen molar-refractivity contribution in [1.29, 1.82) is 0 Å². The molecule has 2 aromatic heterocycles. The van der Waals surface area contributed by atoms with E-state index >= 15 is 0 Å². The summed E-state index contributed by atoms with van der Waals surface area (Å²) in [5.74, 6) is 1.56. The molecule has 20 heavy (non-hydrogen) atoms. The first kappa shape index (κ1) is 13.1. The SMILES string of the molecule is NCCNc1nc(N2CCCCCC2)c2[nH]cnc2n1. The van der Waals surface area contributed by atoms with Crippen molar-refractivity contribution in [3.8, 4) is 0 Å². The molecular formula is C13H21N7. The topological polar surface area (TPSA) is 95.8 Å². The summed E-state index contributed by atoms with van der Waals surface area (Å²) in [6.07, 6.45) is 6.70. The second kappa shape index (κ2) is 6.04. The van der Waals surface area contributed by atoms with E-state index in [1.807, 2.05) is 0 Å². The number of nitrogens with one attached hydrogen (secondary N) is 2. The number of aromatic nitrogens is 4. The molecule has 1 aliphatic heterocycles. The molecule has 7 nitrogen and oxygen atoms in total. The quantitative estimate of drug-likeness (QED) is 0.773. The van der Waals surface area contributed by atoms with Gasteiger partial charge in [0, 0.05) is 26.2 Å². The van der Waals surface area contributed by atoms with Crippen LogP contribution in [-0.4, -0.2) is 46.1 Å². The van der Waals surface area contributed by atoms with Gasteiger partial charge in [0.05, 0.1) is 6.33 Å². The Morgan fingerprint density at radius 1 is 1.20 bits per heavy atom. The molecule has 0 aromatic carbocycles. The summed E-state index contributed by atoms with van der Waals surface area (Å²) in [7, 11) is 0. The zero-order valence-electron chi connectivity index (χ0n) is 11.6. The molecule has 108 valence electrons. The Hall–Kier alpha value is -1.89. The van der Waals surface area contributed by atoms with E-state index in [0.29, 0.717) is 24.7 Å². The molecule has 0 saturated carbocycles. The summed E-state index contributed by atoms with van der Waals surface area (Å²) in [6, 6.07) is 0. The molecule has 0 radical (unpaired) electrons. The molecule has 0 bridgehead atoms. The fraction of sp³-hybridized carbons (Fsp3) is 0.615. The number of aromatic amines is 1. The number of H-pyrrole nitrogens is 1. The fourth-order valence-corrected chi connectivity index (χ4v) is 2.59. The fourth-order valence-electron chi connectivity index (χ4n) is 2.59. The van der Waals surface area contributed by atoms with E-state index in [1.54, 1.807) is 6.33 Å². The van der Waals surface area contributed by atoms with Crippen molar-refractivity contribution in [2.75, 3.05) is 36.4 Å². The Bertz CT molecular complexity index is 557. The van der Waals surface area contributed by atoms with Crippen LogP contribution >= 0.6 is 0 Å². The van der Waals surface area contributed by atoms with Gasteiger partial charge >= 0.3 is 0 Å². The maximum absolute atomic E-state index is 5.52. The highest BCUT2D eigenvalue weighted by Crippen LogP contribution is 2.25. The molecule has 0 amide bonds. The molecule has 4 N–H and O–H groups in total. The molecule has 3 rings (SSSR count). The van der Waals surface area contributed by atoms with E-state index in [2.05, 4.69) is 30.2 Å². The van der Waals surface area contributed by atoms with Crippen LogP contribution in [0.3, 0.4) is 0 Å². The van der Waals surface area contributed by atoms with E-state index in [4.69, 9.17) is 5.73 Å². The molecular weight excluding hydrogens is 254 g/mol. The predicted molar refractivity (Wildman–Crippen MR) is 79.9 cm³/mol. The number of rotatable bonds is 4. The standard InChI is InChI=1S/C13H21N7/c14-5-6-15-13-18-11-10(16-9-17-11)12(19-13)20-7-3-1-2-4-8-20/h9H,1-8,14H2,(H2,15,16,17,18,19). The van der Waals surface area contributed by atoms with Gasteiger partial charge in [-0.1, -0.05) is 12.8 Å². The van der Waals surface area contributed by atoms with Gasteiger partial charge in [-0.3, -0.25) is 0 Å². The molecule has 1 saturated heterocycles. The Balaban J connectivity index is 1.95. The van der Waals surface area contributed by atoms with Crippen molar-refractivity contribution in [3.05, 3.63) is 6.33 Å². The molecule has 1 fully saturated rings. The lowest BCUT2D eigenvalue weighted by molar-refractivity contribution is 0.726. The van der Waals surface area contributed by atoms with E-state index in [0.717, 1.165) is 24.4 Å². The van der Waals surface area contributed by atoms with Gasteiger partial charge in [0.25, 0.3) is 0 Å². The van der Waals surface area contributed by atoms with E-state index < -0.39 is 0 Å². The summed E-state index contributed by atoms with van der Waals surface area (Å²) in [6.45, 7) is 3.30. The number of nitrogens with zero attached hydrogens (tertiary/aromatic N) is 4. The van der Waals surface area contributed by atoms with Gasteiger partial charge < -0.3 is 20.9 Å². The second-order valence-electron chi connectivity index (χ2n) is 5.09. The highest BCUT2D eigenvalue weighted by atomic mass is 15.2. The molecule has 2 aromatic rings. The van der Waals surface area contributed by atoms with Crippen molar-refractivity contribution in [1.82, 2.24) is 19.9 Å². The van der Waals surface area contributed by atoms with Crippen molar-refractivity contribution in [3.63, 3.8) is 0 Å². The van der Waals surface area contributed by atoms with Crippen LogP contribution in [0.25, 0.3) is 11.2 Å². The molecule has 1 aliphatic rings. The highest BCUT2D eigenvalue weighted by molar-refractivity contribution is 5.84. The number of nitrogens with two attached hydrogens (primary N) is 1. The maximum Gasteiger partial charge on any atom is 0.226 e. The zero-order chi connectivity index (χ0) is 13.8. The number of anilines is 2. The van der Waals surface area contributed by atoms with Crippen LogP contribution in [0.5, 0.6) is 0 Å². The van der Waals surface area contributed by atoms with Crippen molar-refractivity contribution < 1.29 is 0 Å². The van der Waals surface area contributed by atoms with Crippen LogP contribution in [0.2, 0.25) is 0 Å². The van der Waals surface area contributed by atoms with Crippen LogP contribution in [0.15, 0.2) is 6.33 Å². The lowest BCUT2D eigenvalue weighted by atomic mass is 10.2. The van der Waals surface area contributed by atoms with Gasteiger partial charge in [0.1, 0.15) is 5.52 Å². The van der Waals surface area contributed by atoms with E-state index in [-0.39, 0.29) is 0 Å². The Kier molecular flexibility index (Phi) is 3.96. The summed E-state index contributed by atoms with van der Waals surface area (Å²) in [5.41, 5.74) is 7.15. The van der Waals surface area contributed by atoms with Gasteiger partial charge in [0.2, 0.25) is 5.95 Å². The zero-order valence-corrected chi connectivity index (χ0v) is 11.6. The summed E-state index contributed by atoms with van der Waals surface area (Å²) in [4.78, 5) is 18.8. The number of imidazole rings is 1. The van der Waals surface area contributed by atoms with Gasteiger partial charge in [-0.15, -0.1) is 0 Å². The second-order valence-corrected chi connectivity index (χ2v) is 5.09. The first-order valence-electron chi connectivity index (χ1n) is 7.28. The largest absolute Gasteiger partial charge is 0.355 e. The van der Waals surface area contributed by atoms with Crippen molar-refractivity contribution in [2.24, 2.45) is 5.73 Å². The minimum atomic E-state index is 0.557. The summed E-state index contributed by atoms with van der Waals surface area (Å²) < 4.78 is 0. The molecule has 3 heterocycles. The molecule has 7 heteroatoms. The maximum atomic E-state index is 5.52. The third-order valence-corrected chi connectivity index (χ3v) is 3.60. The van der Waals surface area contributed by atoms with E-state index in [9.17, 15) is 0 Å².